The van der Waals surface area contributed by atoms with Gasteiger partial charge in [0.15, 0.2) is 12.6 Å². The van der Waals surface area contributed by atoms with Gasteiger partial charge in [0, 0.05) is 32.4 Å². The van der Waals surface area contributed by atoms with Gasteiger partial charge in [0.05, 0.1) is 6.61 Å². The van der Waals surface area contributed by atoms with Crippen molar-refractivity contribution in [1.29, 1.82) is 0 Å². The second-order valence-corrected chi connectivity index (χ2v) is 6.18. The summed E-state index contributed by atoms with van der Waals surface area (Å²) in [5, 5.41) is 6.32. The number of nitrogens with zero attached hydrogens (tertiary/aromatic N) is 2. The van der Waals surface area contributed by atoms with Crippen LogP contribution in [0.4, 0.5) is 13.2 Å². The third-order valence-electron chi connectivity index (χ3n) is 3.72. The molecule has 0 saturated carbocycles. The molecule has 0 unspecified atom stereocenters. The third kappa shape index (κ3) is 8.71. The van der Waals surface area contributed by atoms with Gasteiger partial charge in [-0.2, -0.15) is 13.2 Å². The summed E-state index contributed by atoms with van der Waals surface area (Å²) in [6.07, 6.45) is -1.68. The number of aliphatic imine (C=N–C) groups is 1. The van der Waals surface area contributed by atoms with Crippen LogP contribution in [0.2, 0.25) is 0 Å². The molecule has 0 saturated heterocycles. The Balaban J connectivity index is 1.77. The molecule has 0 spiro atoms. The van der Waals surface area contributed by atoms with E-state index in [1.165, 1.54) is 12.1 Å². The Labute approximate surface area is 168 Å². The normalized spacial score (nSPS) is 11.8. The zero-order valence-corrected chi connectivity index (χ0v) is 16.4. The minimum Gasteiger partial charge on any atom is -0.484 e. The number of ether oxygens (including phenoxy) is 2. The van der Waals surface area contributed by atoms with Crippen LogP contribution >= 0.6 is 0 Å². The summed E-state index contributed by atoms with van der Waals surface area (Å²) in [4.78, 5) is 8.40. The number of nitrogens with one attached hydrogen (secondary N) is 2. The van der Waals surface area contributed by atoms with Crippen molar-refractivity contribution in [3.63, 3.8) is 0 Å². The summed E-state index contributed by atoms with van der Waals surface area (Å²) < 4.78 is 46.7. The van der Waals surface area contributed by atoms with Crippen molar-refractivity contribution >= 4 is 5.96 Å². The summed E-state index contributed by atoms with van der Waals surface area (Å²) in [6.45, 7) is 2.36. The fraction of sp³-hybridized carbons (Fsp3) is 0.400. The molecule has 2 aromatic rings. The number of rotatable bonds is 9. The van der Waals surface area contributed by atoms with Crippen LogP contribution < -0.4 is 20.1 Å². The lowest BCUT2D eigenvalue weighted by molar-refractivity contribution is -0.153. The van der Waals surface area contributed by atoms with Gasteiger partial charge in [-0.25, -0.2) is 4.98 Å². The van der Waals surface area contributed by atoms with Crippen molar-refractivity contribution in [2.45, 2.75) is 32.6 Å². The first kappa shape index (κ1) is 22.3. The van der Waals surface area contributed by atoms with Crippen LogP contribution in [0, 0.1) is 0 Å². The predicted molar refractivity (Wildman–Crippen MR) is 105 cm³/mol. The Hall–Kier alpha value is -2.97. The maximum Gasteiger partial charge on any atom is 0.422 e. The summed E-state index contributed by atoms with van der Waals surface area (Å²) in [7, 11) is 1.66. The first-order valence-corrected chi connectivity index (χ1v) is 9.20. The molecule has 6 nitrogen and oxygen atoms in total. The summed E-state index contributed by atoms with van der Waals surface area (Å²) in [5.41, 5.74) is 1.86. The maximum absolute atomic E-state index is 12.2. The van der Waals surface area contributed by atoms with Crippen molar-refractivity contribution in [2.24, 2.45) is 4.99 Å². The molecule has 0 amide bonds. The fourth-order valence-electron chi connectivity index (χ4n) is 2.27. The molecule has 0 aliphatic heterocycles. The minimum absolute atomic E-state index is 0.174. The van der Waals surface area contributed by atoms with E-state index in [-0.39, 0.29) is 5.75 Å². The van der Waals surface area contributed by atoms with Gasteiger partial charge in [0.2, 0.25) is 5.88 Å². The molecule has 0 aliphatic rings. The van der Waals surface area contributed by atoms with Gasteiger partial charge in [0.25, 0.3) is 0 Å². The lowest BCUT2D eigenvalue weighted by Crippen LogP contribution is -2.36. The van der Waals surface area contributed by atoms with Crippen LogP contribution in [0.25, 0.3) is 0 Å². The minimum atomic E-state index is -4.35. The molecule has 1 aromatic heterocycles. The zero-order valence-electron chi connectivity index (χ0n) is 16.4. The van der Waals surface area contributed by atoms with Gasteiger partial charge < -0.3 is 20.1 Å². The van der Waals surface area contributed by atoms with Gasteiger partial charge in [-0.3, -0.25) is 4.99 Å². The van der Waals surface area contributed by atoms with Gasteiger partial charge in [0.1, 0.15) is 5.75 Å². The SMILES string of the molecule is CCCOc1ccc(CNC(=NC)NCc2ccc(OCC(F)(F)F)cc2)cn1. The number of pyridine rings is 1. The predicted octanol–water partition coefficient (Wildman–Crippen LogP) is 3.68. The van der Waals surface area contributed by atoms with Gasteiger partial charge in [-0.1, -0.05) is 25.1 Å². The molecule has 9 heteroatoms. The molecule has 2 rings (SSSR count). The van der Waals surface area contributed by atoms with Crippen LogP contribution in [0.3, 0.4) is 0 Å². The molecule has 0 atom stereocenters. The largest absolute Gasteiger partial charge is 0.484 e. The molecule has 0 aliphatic carbocycles. The Bertz CT molecular complexity index is 763. The first-order valence-electron chi connectivity index (χ1n) is 9.20. The smallest absolute Gasteiger partial charge is 0.422 e. The molecule has 158 valence electrons. The number of guanidine groups is 1. The highest BCUT2D eigenvalue weighted by Crippen LogP contribution is 2.18. The molecule has 0 bridgehead atoms. The fourth-order valence-corrected chi connectivity index (χ4v) is 2.27. The van der Waals surface area contributed by atoms with E-state index in [4.69, 9.17) is 9.47 Å². The molecule has 29 heavy (non-hydrogen) atoms. The maximum atomic E-state index is 12.2. The number of alkyl halides is 3. The quantitative estimate of drug-likeness (QED) is 0.488. The molecular weight excluding hydrogens is 385 g/mol. The van der Waals surface area contributed by atoms with E-state index in [0.29, 0.717) is 31.5 Å². The molecule has 1 heterocycles. The Morgan fingerprint density at radius 3 is 2.21 bits per heavy atom. The van der Waals surface area contributed by atoms with Crippen LogP contribution in [-0.2, 0) is 13.1 Å². The van der Waals surface area contributed by atoms with Crippen LogP contribution in [0.5, 0.6) is 11.6 Å². The Morgan fingerprint density at radius 2 is 1.66 bits per heavy atom. The number of hydrogen-bond donors (Lipinski definition) is 2. The topological polar surface area (TPSA) is 67.8 Å². The Morgan fingerprint density at radius 1 is 1.00 bits per heavy atom. The van der Waals surface area contributed by atoms with Gasteiger partial charge >= 0.3 is 6.18 Å². The second kappa shape index (κ2) is 11.1. The number of aromatic nitrogens is 1. The lowest BCUT2D eigenvalue weighted by Gasteiger charge is -2.13. The highest BCUT2D eigenvalue weighted by Gasteiger charge is 2.28. The molecule has 1 aromatic carbocycles. The number of hydrogen-bond acceptors (Lipinski definition) is 4. The summed E-state index contributed by atoms with van der Waals surface area (Å²) in [5.74, 6) is 1.36. The van der Waals surface area contributed by atoms with Gasteiger partial charge in [-0.05, 0) is 29.7 Å². The molecule has 0 radical (unpaired) electrons. The standard InChI is InChI=1S/C20H25F3N4O2/c1-3-10-28-18-9-6-16(12-25-18)13-27-19(24-2)26-11-15-4-7-17(8-5-15)29-14-20(21,22)23/h4-9,12H,3,10-11,13-14H2,1-2H3,(H2,24,26,27). The Kier molecular flexibility index (Phi) is 8.57. The van der Waals surface area contributed by atoms with E-state index in [1.807, 2.05) is 19.1 Å². The molecule has 2 N–H and O–H groups in total. The van der Waals surface area contributed by atoms with E-state index in [2.05, 4.69) is 20.6 Å². The monoisotopic (exact) mass is 410 g/mol. The average molecular weight is 410 g/mol. The average Bonchev–Trinajstić information content (AvgIpc) is 2.72. The number of benzene rings is 1. The van der Waals surface area contributed by atoms with Crippen LogP contribution in [-0.4, -0.2) is 37.4 Å². The van der Waals surface area contributed by atoms with Crippen molar-refractivity contribution in [1.82, 2.24) is 15.6 Å². The number of halogens is 3. The third-order valence-corrected chi connectivity index (χ3v) is 3.72. The van der Waals surface area contributed by atoms with Crippen molar-refractivity contribution < 1.29 is 22.6 Å². The van der Waals surface area contributed by atoms with E-state index in [1.54, 1.807) is 25.4 Å². The van der Waals surface area contributed by atoms with E-state index in [0.717, 1.165) is 17.5 Å². The van der Waals surface area contributed by atoms with E-state index in [9.17, 15) is 13.2 Å². The summed E-state index contributed by atoms with van der Waals surface area (Å²) >= 11 is 0. The van der Waals surface area contributed by atoms with Crippen molar-refractivity contribution in [3.8, 4) is 11.6 Å². The van der Waals surface area contributed by atoms with Crippen LogP contribution in [0.15, 0.2) is 47.6 Å². The van der Waals surface area contributed by atoms with Crippen molar-refractivity contribution in [3.05, 3.63) is 53.7 Å². The van der Waals surface area contributed by atoms with E-state index >= 15 is 0 Å². The zero-order chi connectivity index (χ0) is 21.1. The van der Waals surface area contributed by atoms with E-state index < -0.39 is 12.8 Å². The molecular formula is C20H25F3N4O2. The highest BCUT2D eigenvalue weighted by atomic mass is 19.4. The second-order valence-electron chi connectivity index (χ2n) is 6.18. The molecule has 0 fully saturated rings. The lowest BCUT2D eigenvalue weighted by atomic mass is 10.2. The highest BCUT2D eigenvalue weighted by molar-refractivity contribution is 5.79. The van der Waals surface area contributed by atoms with Gasteiger partial charge in [-0.15, -0.1) is 0 Å². The van der Waals surface area contributed by atoms with Crippen LogP contribution in [0.1, 0.15) is 24.5 Å². The van der Waals surface area contributed by atoms with Crippen molar-refractivity contribution in [2.75, 3.05) is 20.3 Å². The first-order chi connectivity index (χ1) is 13.9. The summed E-state index contributed by atoms with van der Waals surface area (Å²) in [6, 6.07) is 10.2.